The third-order valence-corrected chi connectivity index (χ3v) is 5.07. The molecule has 0 saturated carbocycles. The van der Waals surface area contributed by atoms with E-state index in [9.17, 15) is 14.4 Å². The van der Waals surface area contributed by atoms with E-state index < -0.39 is 0 Å². The second-order valence-corrected chi connectivity index (χ2v) is 6.96. The number of thiazole rings is 1. The molecular formula is C20H15N3O4S. The average molecular weight is 393 g/mol. The van der Waals surface area contributed by atoms with E-state index >= 15 is 0 Å². The summed E-state index contributed by atoms with van der Waals surface area (Å²) in [5.74, 6) is -0.674. The van der Waals surface area contributed by atoms with Crippen molar-refractivity contribution in [2.24, 2.45) is 0 Å². The van der Waals surface area contributed by atoms with Crippen LogP contribution in [0.15, 0.2) is 54.0 Å². The van der Waals surface area contributed by atoms with Crippen molar-refractivity contribution in [1.82, 2.24) is 9.88 Å². The number of hydrogen-bond acceptors (Lipinski definition) is 6. The fourth-order valence-corrected chi connectivity index (χ4v) is 3.57. The predicted octanol–water partition coefficient (Wildman–Crippen LogP) is 3.20. The van der Waals surface area contributed by atoms with E-state index in [-0.39, 0.29) is 24.3 Å². The third-order valence-electron chi connectivity index (χ3n) is 4.38. The Balaban J connectivity index is 1.60. The van der Waals surface area contributed by atoms with Crippen LogP contribution in [0.2, 0.25) is 0 Å². The Morgan fingerprint density at radius 3 is 2.46 bits per heavy atom. The van der Waals surface area contributed by atoms with E-state index in [0.29, 0.717) is 33.1 Å². The monoisotopic (exact) mass is 393 g/mol. The topological polar surface area (TPSA) is 88.6 Å². The predicted molar refractivity (Wildman–Crippen MR) is 104 cm³/mol. The molecule has 28 heavy (non-hydrogen) atoms. The average Bonchev–Trinajstić information content (AvgIpc) is 3.31. The molecule has 0 unspecified atom stereocenters. The van der Waals surface area contributed by atoms with E-state index in [1.807, 2.05) is 0 Å². The molecule has 0 bridgehead atoms. The molecule has 3 amide bonds. The van der Waals surface area contributed by atoms with Gasteiger partial charge < -0.3 is 4.74 Å². The number of carbonyl (C=O) groups is 3. The second kappa shape index (κ2) is 7.24. The van der Waals surface area contributed by atoms with Crippen LogP contribution in [0.3, 0.4) is 0 Å². The van der Waals surface area contributed by atoms with Crippen LogP contribution in [0, 0.1) is 0 Å². The Morgan fingerprint density at radius 1 is 1.14 bits per heavy atom. The van der Waals surface area contributed by atoms with Gasteiger partial charge >= 0.3 is 0 Å². The van der Waals surface area contributed by atoms with Crippen LogP contribution < -0.4 is 10.1 Å². The molecule has 8 heteroatoms. The molecule has 1 aromatic heterocycles. The van der Waals surface area contributed by atoms with E-state index in [4.69, 9.17) is 4.74 Å². The zero-order chi connectivity index (χ0) is 19.7. The first kappa shape index (κ1) is 17.9. The molecule has 2 heterocycles. The Labute approximate surface area is 164 Å². The highest BCUT2D eigenvalue weighted by Crippen LogP contribution is 2.27. The fourth-order valence-electron chi connectivity index (χ4n) is 3.05. The lowest BCUT2D eigenvalue weighted by molar-refractivity contribution is 0.0642. The third kappa shape index (κ3) is 3.14. The summed E-state index contributed by atoms with van der Waals surface area (Å²) in [5.41, 5.74) is 1.72. The fraction of sp³-hybridized carbons (Fsp3) is 0.100. The second-order valence-electron chi connectivity index (χ2n) is 6.07. The quantitative estimate of drug-likeness (QED) is 0.673. The van der Waals surface area contributed by atoms with E-state index in [0.717, 1.165) is 0 Å². The first-order valence-corrected chi connectivity index (χ1v) is 9.29. The summed E-state index contributed by atoms with van der Waals surface area (Å²) in [6, 6.07) is 11.7. The van der Waals surface area contributed by atoms with Crippen LogP contribution in [0.5, 0.6) is 5.75 Å². The maximum Gasteiger partial charge on any atom is 0.261 e. The van der Waals surface area contributed by atoms with Crippen LogP contribution in [0.25, 0.3) is 0 Å². The van der Waals surface area contributed by atoms with Crippen LogP contribution >= 0.6 is 11.3 Å². The largest absolute Gasteiger partial charge is 0.496 e. The highest BCUT2D eigenvalue weighted by Gasteiger charge is 2.35. The molecule has 4 rings (SSSR count). The number of fused-ring (bicyclic) bond motifs is 1. The first-order chi connectivity index (χ1) is 13.6. The lowest BCUT2D eigenvalue weighted by atomic mass is 10.1. The molecule has 7 nitrogen and oxygen atoms in total. The molecule has 1 aliphatic rings. The summed E-state index contributed by atoms with van der Waals surface area (Å²) in [6.45, 7) is 0.0634. The number of amides is 3. The summed E-state index contributed by atoms with van der Waals surface area (Å²) in [5, 5.41) is 4.93. The lowest BCUT2D eigenvalue weighted by Gasteiger charge is -2.16. The van der Waals surface area contributed by atoms with Gasteiger partial charge in [-0.15, -0.1) is 11.3 Å². The van der Waals surface area contributed by atoms with Crippen molar-refractivity contribution in [1.29, 1.82) is 0 Å². The number of benzene rings is 2. The van der Waals surface area contributed by atoms with Gasteiger partial charge in [-0.1, -0.05) is 18.2 Å². The summed E-state index contributed by atoms with van der Waals surface area (Å²) in [4.78, 5) is 42.9. The van der Waals surface area contributed by atoms with Gasteiger partial charge in [0.05, 0.1) is 30.3 Å². The van der Waals surface area contributed by atoms with E-state index in [2.05, 4.69) is 10.3 Å². The van der Waals surface area contributed by atoms with Gasteiger partial charge in [0, 0.05) is 11.6 Å². The smallest absolute Gasteiger partial charge is 0.261 e. The van der Waals surface area contributed by atoms with Gasteiger partial charge in [-0.2, -0.15) is 0 Å². The highest BCUT2D eigenvalue weighted by atomic mass is 32.1. The minimum atomic E-state index is -0.379. The Kier molecular flexibility index (Phi) is 4.62. The normalized spacial score (nSPS) is 12.8. The van der Waals surface area contributed by atoms with Crippen LogP contribution in [0.4, 0.5) is 5.13 Å². The van der Waals surface area contributed by atoms with Crippen molar-refractivity contribution >= 4 is 34.2 Å². The highest BCUT2D eigenvalue weighted by molar-refractivity contribution is 7.13. The maximum atomic E-state index is 12.6. The molecule has 0 saturated heterocycles. The molecule has 0 spiro atoms. The molecule has 0 radical (unpaired) electrons. The van der Waals surface area contributed by atoms with Gasteiger partial charge in [0.2, 0.25) is 0 Å². The van der Waals surface area contributed by atoms with Gasteiger partial charge in [-0.3, -0.25) is 24.6 Å². The Morgan fingerprint density at radius 2 is 1.86 bits per heavy atom. The molecule has 1 N–H and O–H groups in total. The summed E-state index contributed by atoms with van der Waals surface area (Å²) < 4.78 is 5.28. The van der Waals surface area contributed by atoms with Crippen LogP contribution in [-0.4, -0.2) is 34.7 Å². The number of methoxy groups -OCH3 is 1. The number of nitrogens with one attached hydrogen (secondary N) is 1. The van der Waals surface area contributed by atoms with Gasteiger partial charge in [-0.25, -0.2) is 4.98 Å². The van der Waals surface area contributed by atoms with Crippen molar-refractivity contribution in [3.8, 4) is 5.75 Å². The Bertz CT molecular complexity index is 1040. The van der Waals surface area contributed by atoms with Crippen molar-refractivity contribution < 1.29 is 19.1 Å². The molecule has 0 atom stereocenters. The molecular weight excluding hydrogens is 378 g/mol. The standard InChI is InChI=1S/C20H15N3O4S/c1-27-16-7-6-12(10-15(16)17(24)22-20-21-8-9-28-20)11-23-18(25)13-4-2-3-5-14(13)19(23)26/h2-10H,11H2,1H3,(H,21,22,24). The Hall–Kier alpha value is -3.52. The van der Waals surface area contributed by atoms with Crippen LogP contribution in [0.1, 0.15) is 36.6 Å². The van der Waals surface area contributed by atoms with Crippen LogP contribution in [-0.2, 0) is 6.54 Å². The SMILES string of the molecule is COc1ccc(CN2C(=O)c3ccccc3C2=O)cc1C(=O)Nc1nccs1. The zero-order valence-electron chi connectivity index (χ0n) is 14.8. The lowest BCUT2D eigenvalue weighted by Crippen LogP contribution is -2.29. The molecule has 1 aliphatic heterocycles. The van der Waals surface area contributed by atoms with Gasteiger partial charge in [0.15, 0.2) is 5.13 Å². The van der Waals surface area contributed by atoms with Crippen molar-refractivity contribution in [3.63, 3.8) is 0 Å². The minimum absolute atomic E-state index is 0.0634. The number of imide groups is 1. The number of aromatic nitrogens is 1. The first-order valence-electron chi connectivity index (χ1n) is 8.41. The van der Waals surface area contributed by atoms with Gasteiger partial charge in [0.1, 0.15) is 5.75 Å². The summed E-state index contributed by atoms with van der Waals surface area (Å²) >= 11 is 1.30. The number of hydrogen-bond donors (Lipinski definition) is 1. The van der Waals surface area contributed by atoms with E-state index in [1.54, 1.807) is 54.0 Å². The molecule has 140 valence electrons. The molecule has 2 aromatic carbocycles. The number of ether oxygens (including phenoxy) is 1. The zero-order valence-corrected chi connectivity index (χ0v) is 15.7. The van der Waals surface area contributed by atoms with Crippen molar-refractivity contribution in [3.05, 3.63) is 76.3 Å². The molecule has 3 aromatic rings. The number of rotatable bonds is 5. The van der Waals surface area contributed by atoms with Gasteiger partial charge in [0.25, 0.3) is 17.7 Å². The van der Waals surface area contributed by atoms with Crippen molar-refractivity contribution in [2.75, 3.05) is 12.4 Å². The number of anilines is 1. The minimum Gasteiger partial charge on any atom is -0.496 e. The molecule has 0 fully saturated rings. The molecule has 0 aliphatic carbocycles. The summed E-state index contributed by atoms with van der Waals surface area (Å²) in [6.07, 6.45) is 1.59. The van der Waals surface area contributed by atoms with E-state index in [1.165, 1.54) is 23.3 Å². The summed E-state index contributed by atoms with van der Waals surface area (Å²) in [7, 11) is 1.47. The number of nitrogens with zero attached hydrogens (tertiary/aromatic N) is 2. The van der Waals surface area contributed by atoms with Crippen molar-refractivity contribution in [2.45, 2.75) is 6.54 Å². The van der Waals surface area contributed by atoms with Gasteiger partial charge in [-0.05, 0) is 29.8 Å². The number of carbonyl (C=O) groups excluding carboxylic acids is 3. The maximum absolute atomic E-state index is 12.6.